The summed E-state index contributed by atoms with van der Waals surface area (Å²) in [5.41, 5.74) is -0.654. The smallest absolute Gasteiger partial charge is 0.332 e. The van der Waals surface area contributed by atoms with Crippen LogP contribution in [0.4, 0.5) is 0 Å². The summed E-state index contributed by atoms with van der Waals surface area (Å²) in [6.45, 7) is 1.45. The predicted octanol–water partition coefficient (Wildman–Crippen LogP) is -2.97. The number of nitrogens with zero attached hydrogens (tertiary/aromatic N) is 5. The summed E-state index contributed by atoms with van der Waals surface area (Å²) in [7, 11) is -0.974. The fraction of sp³-hybridized carbons (Fsp3) is 0.611. The molecule has 1 aliphatic rings. The molecule has 0 radical (unpaired) electrons. The number of thioether (sulfide) groups is 1. The van der Waals surface area contributed by atoms with Crippen LogP contribution >= 0.6 is 11.8 Å². The monoisotopic (exact) mass is 517 g/mol. The van der Waals surface area contributed by atoms with Crippen LogP contribution < -0.4 is 16.0 Å². The van der Waals surface area contributed by atoms with Gasteiger partial charge in [0.2, 0.25) is 21.8 Å². The summed E-state index contributed by atoms with van der Waals surface area (Å²) < 4.78 is 28.7. The second-order valence-corrected chi connectivity index (χ2v) is 10.7. The average molecular weight is 518 g/mol. The number of sulfonamides is 1. The summed E-state index contributed by atoms with van der Waals surface area (Å²) >= 11 is 1.13. The van der Waals surface area contributed by atoms with E-state index in [2.05, 4.69) is 9.97 Å². The molecule has 34 heavy (non-hydrogen) atoms. The van der Waals surface area contributed by atoms with E-state index in [1.54, 1.807) is 0 Å². The molecule has 0 saturated carbocycles. The van der Waals surface area contributed by atoms with Crippen LogP contribution in [-0.2, 0) is 33.7 Å². The van der Waals surface area contributed by atoms with Crippen LogP contribution in [0, 0.1) is 0 Å². The molecule has 1 fully saturated rings. The number of aliphatic hydroxyl groups excluding tert-OH is 1. The number of rotatable bonds is 9. The molecular weight excluding hydrogens is 490 g/mol. The molecule has 3 rings (SSSR count). The number of aryl methyl sites for hydroxylation is 1. The maximum absolute atomic E-state index is 12.2. The number of fused-ring (bicyclic) bond motifs is 1. The van der Waals surface area contributed by atoms with E-state index in [1.165, 1.54) is 23.6 Å². The SMILES string of the molecule is Cn1c(=O)c2[nH]c(SCCC(=O)NS(=O)(=O)CCN3CCN(C(=O)CO)CC3)nc2n(C)c1=O. The highest BCUT2D eigenvalue weighted by molar-refractivity contribution is 7.99. The van der Waals surface area contributed by atoms with Crippen LogP contribution in [0.2, 0.25) is 0 Å². The Bertz CT molecular complexity index is 1290. The molecule has 0 aromatic carbocycles. The lowest BCUT2D eigenvalue weighted by molar-refractivity contribution is -0.135. The molecule has 0 aliphatic carbocycles. The summed E-state index contributed by atoms with van der Waals surface area (Å²) in [4.78, 5) is 58.2. The normalized spacial score (nSPS) is 15.1. The minimum atomic E-state index is -3.83. The van der Waals surface area contributed by atoms with Crippen LogP contribution in [0.5, 0.6) is 0 Å². The molecule has 16 heteroatoms. The van der Waals surface area contributed by atoms with Gasteiger partial charge in [-0.2, -0.15) is 0 Å². The fourth-order valence-corrected chi connectivity index (χ4v) is 5.31. The van der Waals surface area contributed by atoms with Gasteiger partial charge < -0.3 is 15.0 Å². The molecule has 188 valence electrons. The van der Waals surface area contributed by atoms with Crippen molar-refractivity contribution in [3.05, 3.63) is 20.8 Å². The van der Waals surface area contributed by atoms with Gasteiger partial charge in [-0.15, -0.1) is 0 Å². The number of aromatic nitrogens is 4. The lowest BCUT2D eigenvalue weighted by Crippen LogP contribution is -2.50. The van der Waals surface area contributed by atoms with Crippen LogP contribution in [-0.4, -0.2) is 105 Å². The first kappa shape index (κ1) is 25.9. The van der Waals surface area contributed by atoms with Gasteiger partial charge in [0, 0.05) is 59.0 Å². The zero-order chi connectivity index (χ0) is 25.0. The lowest BCUT2D eigenvalue weighted by atomic mass is 10.3. The van der Waals surface area contributed by atoms with Crippen molar-refractivity contribution in [2.45, 2.75) is 11.6 Å². The van der Waals surface area contributed by atoms with E-state index >= 15 is 0 Å². The van der Waals surface area contributed by atoms with Gasteiger partial charge >= 0.3 is 5.69 Å². The van der Waals surface area contributed by atoms with E-state index < -0.39 is 33.8 Å². The molecule has 2 amide bonds. The molecule has 1 aliphatic heterocycles. The number of carbonyl (C=O) groups excluding carboxylic acids is 2. The Balaban J connectivity index is 1.45. The molecule has 1 saturated heterocycles. The number of piperazine rings is 1. The maximum Gasteiger partial charge on any atom is 0.332 e. The Hall–Kier alpha value is -2.69. The number of imidazole rings is 1. The van der Waals surface area contributed by atoms with Crippen LogP contribution in [0.3, 0.4) is 0 Å². The minimum absolute atomic E-state index is 0.0974. The number of amides is 2. The number of hydrogen-bond acceptors (Lipinski definition) is 10. The van der Waals surface area contributed by atoms with Gasteiger partial charge in [0.1, 0.15) is 6.61 Å². The van der Waals surface area contributed by atoms with Gasteiger partial charge in [-0.3, -0.25) is 33.1 Å². The van der Waals surface area contributed by atoms with E-state index in [-0.39, 0.29) is 41.5 Å². The summed E-state index contributed by atoms with van der Waals surface area (Å²) in [5.74, 6) is -1.08. The molecule has 2 aromatic heterocycles. The number of carbonyl (C=O) groups is 2. The minimum Gasteiger partial charge on any atom is -0.387 e. The molecular formula is C18H27N7O7S2. The first-order valence-corrected chi connectivity index (χ1v) is 13.1. The Kier molecular flexibility index (Phi) is 8.17. The topological polar surface area (TPSA) is 180 Å². The number of H-pyrrole nitrogens is 1. The van der Waals surface area contributed by atoms with Crippen molar-refractivity contribution < 1.29 is 23.1 Å². The van der Waals surface area contributed by atoms with Gasteiger partial charge in [0.25, 0.3) is 5.56 Å². The largest absolute Gasteiger partial charge is 0.387 e. The number of aliphatic hydroxyl groups is 1. The van der Waals surface area contributed by atoms with E-state index in [1.807, 2.05) is 9.62 Å². The average Bonchev–Trinajstić information content (AvgIpc) is 3.24. The molecule has 2 aromatic rings. The number of nitrogens with one attached hydrogen (secondary N) is 2. The first-order valence-electron chi connectivity index (χ1n) is 10.4. The highest BCUT2D eigenvalue weighted by Crippen LogP contribution is 2.17. The maximum atomic E-state index is 12.2. The third-order valence-electron chi connectivity index (χ3n) is 5.45. The Morgan fingerprint density at radius 1 is 1.15 bits per heavy atom. The highest BCUT2D eigenvalue weighted by Gasteiger charge is 2.22. The van der Waals surface area contributed by atoms with E-state index in [9.17, 15) is 27.6 Å². The zero-order valence-corrected chi connectivity index (χ0v) is 20.4. The third-order valence-corrected chi connectivity index (χ3v) is 7.58. The van der Waals surface area contributed by atoms with Crippen LogP contribution in [0.15, 0.2) is 14.7 Å². The second kappa shape index (κ2) is 10.7. The summed E-state index contributed by atoms with van der Waals surface area (Å²) in [6.07, 6.45) is -0.0974. The second-order valence-electron chi connectivity index (χ2n) is 7.77. The van der Waals surface area contributed by atoms with Gasteiger partial charge in [-0.1, -0.05) is 11.8 Å². The van der Waals surface area contributed by atoms with Crippen molar-refractivity contribution in [1.82, 2.24) is 33.6 Å². The summed E-state index contributed by atoms with van der Waals surface area (Å²) in [5, 5.41) is 9.23. The van der Waals surface area contributed by atoms with Crippen molar-refractivity contribution in [3.63, 3.8) is 0 Å². The Morgan fingerprint density at radius 3 is 2.47 bits per heavy atom. The quantitative estimate of drug-likeness (QED) is 0.291. The first-order chi connectivity index (χ1) is 16.0. The third kappa shape index (κ3) is 6.05. The standard InChI is InChI=1S/C18H27N7O7S2/c1-22-15-14(16(29)23(2)18(22)30)19-17(20-15)33-9-3-12(27)21-34(31,32)10-8-24-4-6-25(7-5-24)13(28)11-26/h26H,3-11H2,1-2H3,(H,19,20)(H,21,27). The zero-order valence-electron chi connectivity index (χ0n) is 18.8. The fourth-order valence-electron chi connectivity index (χ4n) is 3.46. The van der Waals surface area contributed by atoms with Crippen molar-refractivity contribution in [1.29, 1.82) is 0 Å². The highest BCUT2D eigenvalue weighted by atomic mass is 32.2. The van der Waals surface area contributed by atoms with E-state index in [0.717, 1.165) is 16.3 Å². The van der Waals surface area contributed by atoms with Gasteiger partial charge in [-0.25, -0.2) is 18.2 Å². The van der Waals surface area contributed by atoms with Gasteiger partial charge in [-0.05, 0) is 0 Å². The van der Waals surface area contributed by atoms with Crippen molar-refractivity contribution in [3.8, 4) is 0 Å². The molecule has 3 heterocycles. The number of aromatic amines is 1. The molecule has 0 unspecified atom stereocenters. The molecule has 0 bridgehead atoms. The molecule has 14 nitrogen and oxygen atoms in total. The van der Waals surface area contributed by atoms with E-state index in [4.69, 9.17) is 5.11 Å². The van der Waals surface area contributed by atoms with Gasteiger partial charge in [0.15, 0.2) is 16.3 Å². The lowest BCUT2D eigenvalue weighted by Gasteiger charge is -2.34. The molecule has 3 N–H and O–H groups in total. The Labute approximate surface area is 199 Å². The van der Waals surface area contributed by atoms with E-state index in [0.29, 0.717) is 31.3 Å². The van der Waals surface area contributed by atoms with Crippen molar-refractivity contribution in [2.75, 3.05) is 50.8 Å². The Morgan fingerprint density at radius 2 is 1.82 bits per heavy atom. The predicted molar refractivity (Wildman–Crippen MR) is 124 cm³/mol. The van der Waals surface area contributed by atoms with Crippen LogP contribution in [0.1, 0.15) is 6.42 Å². The van der Waals surface area contributed by atoms with Gasteiger partial charge in [0.05, 0.1) is 5.75 Å². The van der Waals surface area contributed by atoms with Crippen molar-refractivity contribution in [2.24, 2.45) is 14.1 Å². The van der Waals surface area contributed by atoms with Crippen LogP contribution in [0.25, 0.3) is 11.2 Å². The molecule has 0 atom stereocenters. The molecule has 0 spiro atoms. The van der Waals surface area contributed by atoms with Crippen molar-refractivity contribution >= 4 is 44.8 Å². The number of hydrogen-bond donors (Lipinski definition) is 3. The summed E-state index contributed by atoms with van der Waals surface area (Å²) in [6, 6.07) is 0.